The second-order valence-electron chi connectivity index (χ2n) is 6.48. The van der Waals surface area contributed by atoms with Gasteiger partial charge in [-0.1, -0.05) is 30.3 Å². The summed E-state index contributed by atoms with van der Waals surface area (Å²) >= 11 is 0. The van der Waals surface area contributed by atoms with Crippen molar-refractivity contribution in [2.45, 2.75) is 33.0 Å². The summed E-state index contributed by atoms with van der Waals surface area (Å²) in [5.74, 6) is 1.55. The predicted octanol–water partition coefficient (Wildman–Crippen LogP) is 3.69. The van der Waals surface area contributed by atoms with E-state index in [1.54, 1.807) is 18.7 Å². The van der Waals surface area contributed by atoms with Gasteiger partial charge in [-0.25, -0.2) is 14.6 Å². The number of hydrogen-bond acceptors (Lipinski definition) is 5. The van der Waals surface area contributed by atoms with Crippen LogP contribution in [0.25, 0.3) is 22.8 Å². The van der Waals surface area contributed by atoms with E-state index >= 15 is 0 Å². The summed E-state index contributed by atoms with van der Waals surface area (Å²) in [4.78, 5) is 13.3. The van der Waals surface area contributed by atoms with E-state index in [9.17, 15) is 0 Å². The summed E-state index contributed by atoms with van der Waals surface area (Å²) in [6.07, 6.45) is 6.80. The molecule has 0 radical (unpaired) electrons. The molecule has 0 aliphatic rings. The van der Waals surface area contributed by atoms with E-state index in [1.807, 2.05) is 48.3 Å². The number of aromatic nitrogens is 6. The van der Waals surface area contributed by atoms with Gasteiger partial charge in [0.25, 0.3) is 0 Å². The highest BCUT2D eigenvalue weighted by Crippen LogP contribution is 2.30. The normalized spacial score (nSPS) is 12.1. The van der Waals surface area contributed by atoms with Gasteiger partial charge >= 0.3 is 0 Å². The fourth-order valence-corrected chi connectivity index (χ4v) is 3.20. The Hall–Kier alpha value is -3.48. The van der Waals surface area contributed by atoms with Crippen molar-refractivity contribution in [2.24, 2.45) is 0 Å². The summed E-state index contributed by atoms with van der Waals surface area (Å²) in [7, 11) is 0. The monoisotopic (exact) mass is 374 g/mol. The van der Waals surface area contributed by atoms with E-state index in [1.165, 1.54) is 0 Å². The first kappa shape index (κ1) is 17.9. The zero-order chi connectivity index (χ0) is 19.3. The zero-order valence-electron chi connectivity index (χ0n) is 15.9. The molecule has 7 heteroatoms. The molecule has 0 amide bonds. The lowest BCUT2D eigenvalue weighted by Gasteiger charge is -2.17. The van der Waals surface area contributed by atoms with Gasteiger partial charge in [0.05, 0.1) is 24.8 Å². The molecule has 7 nitrogen and oxygen atoms in total. The quantitative estimate of drug-likeness (QED) is 0.493. The number of hydrogen-bond donors (Lipinski definition) is 0. The molecule has 4 rings (SSSR count). The van der Waals surface area contributed by atoms with Crippen LogP contribution in [0.3, 0.4) is 0 Å². The number of imidazole rings is 1. The minimum absolute atomic E-state index is 0.0706. The Bertz CT molecular complexity index is 1030. The fourth-order valence-electron chi connectivity index (χ4n) is 3.20. The topological polar surface area (TPSA) is 70.7 Å². The number of nitrogens with zero attached hydrogens (tertiary/aromatic N) is 6. The third kappa shape index (κ3) is 3.64. The van der Waals surface area contributed by atoms with Gasteiger partial charge in [-0.3, -0.25) is 4.98 Å². The fraction of sp³-hybridized carbons (Fsp3) is 0.238. The lowest BCUT2D eigenvalue weighted by Crippen LogP contribution is -2.20. The third-order valence-electron chi connectivity index (χ3n) is 4.44. The third-order valence-corrected chi connectivity index (χ3v) is 4.44. The molecule has 3 heterocycles. The molecular weight excluding hydrogens is 352 g/mol. The van der Waals surface area contributed by atoms with Crippen LogP contribution < -0.4 is 4.74 Å². The number of benzene rings is 1. The molecule has 142 valence electrons. The van der Waals surface area contributed by atoms with Gasteiger partial charge in [-0.15, -0.1) is 0 Å². The first-order chi connectivity index (χ1) is 13.8. The molecule has 0 aliphatic carbocycles. The van der Waals surface area contributed by atoms with Crippen LogP contribution in [0.4, 0.5) is 0 Å². The summed E-state index contributed by atoms with van der Waals surface area (Å²) in [5.41, 5.74) is 2.87. The minimum atomic E-state index is -0.0706. The van der Waals surface area contributed by atoms with Crippen LogP contribution >= 0.6 is 0 Å². The Balaban J connectivity index is 1.70. The molecule has 1 aromatic carbocycles. The van der Waals surface area contributed by atoms with E-state index in [-0.39, 0.29) is 6.10 Å². The Morgan fingerprint density at radius 1 is 1.07 bits per heavy atom. The molecule has 1 unspecified atom stereocenters. The van der Waals surface area contributed by atoms with Gasteiger partial charge in [-0.2, -0.15) is 5.10 Å². The van der Waals surface area contributed by atoms with Gasteiger partial charge < -0.3 is 9.30 Å². The van der Waals surface area contributed by atoms with Crippen molar-refractivity contribution in [2.75, 3.05) is 0 Å². The van der Waals surface area contributed by atoms with E-state index in [0.29, 0.717) is 6.54 Å². The Kier molecular flexibility index (Phi) is 5.14. The molecule has 0 fully saturated rings. The van der Waals surface area contributed by atoms with Crippen molar-refractivity contribution in [1.82, 2.24) is 29.3 Å². The average molecular weight is 374 g/mol. The zero-order valence-corrected chi connectivity index (χ0v) is 15.9. The van der Waals surface area contributed by atoms with Crippen molar-refractivity contribution in [3.05, 3.63) is 67.5 Å². The predicted molar refractivity (Wildman–Crippen MR) is 107 cm³/mol. The number of ether oxygens (including phenoxy) is 1. The number of pyridine rings is 1. The second-order valence-corrected chi connectivity index (χ2v) is 6.48. The van der Waals surface area contributed by atoms with Crippen LogP contribution in [0.1, 0.15) is 13.8 Å². The highest BCUT2D eigenvalue weighted by molar-refractivity contribution is 5.75. The molecule has 4 aromatic rings. The second kappa shape index (κ2) is 8.04. The first-order valence-corrected chi connectivity index (χ1v) is 9.31. The van der Waals surface area contributed by atoms with Crippen LogP contribution in [-0.2, 0) is 13.1 Å². The number of rotatable bonds is 7. The van der Waals surface area contributed by atoms with Crippen molar-refractivity contribution in [1.29, 1.82) is 0 Å². The van der Waals surface area contributed by atoms with Crippen molar-refractivity contribution < 1.29 is 4.74 Å². The van der Waals surface area contributed by atoms with Crippen LogP contribution in [0.5, 0.6) is 5.75 Å². The largest absolute Gasteiger partial charge is 0.487 e. The molecular formula is C21H22N6O. The van der Waals surface area contributed by atoms with Crippen molar-refractivity contribution in [3.63, 3.8) is 0 Å². The maximum Gasteiger partial charge on any atom is 0.177 e. The van der Waals surface area contributed by atoms with E-state index < -0.39 is 0 Å². The Morgan fingerprint density at radius 3 is 2.68 bits per heavy atom. The molecule has 0 N–H and O–H groups in total. The van der Waals surface area contributed by atoms with Crippen molar-refractivity contribution in [3.8, 4) is 28.5 Å². The lowest BCUT2D eigenvalue weighted by molar-refractivity contribution is 0.199. The highest BCUT2D eigenvalue weighted by atomic mass is 16.5. The molecule has 0 aliphatic heterocycles. The summed E-state index contributed by atoms with van der Waals surface area (Å²) in [6.45, 7) is 5.44. The van der Waals surface area contributed by atoms with Gasteiger partial charge in [0, 0.05) is 18.3 Å². The van der Waals surface area contributed by atoms with Crippen LogP contribution in [-0.4, -0.2) is 35.4 Å². The van der Waals surface area contributed by atoms with Gasteiger partial charge in [-0.05, 0) is 26.0 Å². The minimum Gasteiger partial charge on any atom is -0.487 e. The lowest BCUT2D eigenvalue weighted by atomic mass is 10.1. The van der Waals surface area contributed by atoms with Crippen LogP contribution in [0, 0.1) is 0 Å². The average Bonchev–Trinajstić information content (AvgIpc) is 3.35. The maximum absolute atomic E-state index is 6.01. The summed E-state index contributed by atoms with van der Waals surface area (Å²) in [6, 6.07) is 13.9. The van der Waals surface area contributed by atoms with E-state index in [4.69, 9.17) is 9.72 Å². The molecule has 1 atom stereocenters. The van der Waals surface area contributed by atoms with Gasteiger partial charge in [0.15, 0.2) is 5.82 Å². The summed E-state index contributed by atoms with van der Waals surface area (Å²) in [5, 5.41) is 4.34. The van der Waals surface area contributed by atoms with E-state index in [0.717, 1.165) is 35.1 Å². The van der Waals surface area contributed by atoms with Gasteiger partial charge in [0.2, 0.25) is 0 Å². The molecule has 0 bridgehead atoms. The van der Waals surface area contributed by atoms with E-state index in [2.05, 4.69) is 38.7 Å². The smallest absolute Gasteiger partial charge is 0.177 e. The Labute approximate surface area is 163 Å². The maximum atomic E-state index is 6.01. The standard InChI is InChI=1S/C21H22N6O/c1-3-27-21(23-14-25-27)20-19(17-8-5-4-6-9-17)24-15-26(20)13-16(2)28-18-10-7-11-22-12-18/h4-12,14-16H,3,13H2,1-2H3. The molecule has 0 spiro atoms. The Morgan fingerprint density at radius 2 is 1.93 bits per heavy atom. The highest BCUT2D eigenvalue weighted by Gasteiger charge is 2.21. The SMILES string of the molecule is CCn1ncnc1-c1c(-c2ccccc2)ncn1CC(C)Oc1cccnc1. The molecule has 28 heavy (non-hydrogen) atoms. The van der Waals surface area contributed by atoms with Crippen molar-refractivity contribution >= 4 is 0 Å². The molecule has 0 saturated heterocycles. The summed E-state index contributed by atoms with van der Waals surface area (Å²) < 4.78 is 9.97. The molecule has 0 saturated carbocycles. The van der Waals surface area contributed by atoms with Crippen LogP contribution in [0.2, 0.25) is 0 Å². The van der Waals surface area contributed by atoms with Crippen LogP contribution in [0.15, 0.2) is 67.5 Å². The van der Waals surface area contributed by atoms with Gasteiger partial charge in [0.1, 0.15) is 23.9 Å². The molecule has 3 aromatic heterocycles. The first-order valence-electron chi connectivity index (χ1n) is 9.31. The number of aryl methyl sites for hydroxylation is 1.